The highest BCUT2D eigenvalue weighted by molar-refractivity contribution is 7.89. The van der Waals surface area contributed by atoms with Crippen molar-refractivity contribution in [2.45, 2.75) is 44.1 Å². The van der Waals surface area contributed by atoms with E-state index in [1.54, 1.807) is 12.1 Å². The van der Waals surface area contributed by atoms with Crippen molar-refractivity contribution in [3.05, 3.63) is 47.2 Å². The molecule has 1 aliphatic heterocycles. The second kappa shape index (κ2) is 9.11. The molecular weight excluding hydrogens is 414 g/mol. The Kier molecular flexibility index (Phi) is 6.77. The van der Waals surface area contributed by atoms with E-state index in [9.17, 15) is 13.2 Å². The Morgan fingerprint density at radius 2 is 1.90 bits per heavy atom. The molecule has 1 fully saturated rings. The van der Waals surface area contributed by atoms with Crippen LogP contribution in [-0.2, 0) is 10.0 Å². The largest absolute Gasteiger partial charge is 0.489 e. The quantitative estimate of drug-likeness (QED) is 0.691. The second-order valence-corrected chi connectivity index (χ2v) is 9.44. The molecule has 1 aromatic carbocycles. The standard InChI is InChI=1S/C20H24ClN3O4S/c1-14(2)28-18-8-7-16(29(26,27)24-10-4-3-5-11-24)12-17(18)23-20(25)15-6-9-19(21)22-13-15/h6-9,12-14H,3-5,10-11H2,1-2H3,(H,23,25). The van der Waals surface area contributed by atoms with E-state index >= 15 is 0 Å². The summed E-state index contributed by atoms with van der Waals surface area (Å²) in [6.45, 7) is 4.72. The van der Waals surface area contributed by atoms with Crippen molar-refractivity contribution in [1.82, 2.24) is 9.29 Å². The van der Waals surface area contributed by atoms with Crippen molar-refractivity contribution < 1.29 is 17.9 Å². The van der Waals surface area contributed by atoms with E-state index in [-0.39, 0.29) is 21.8 Å². The Morgan fingerprint density at radius 1 is 1.17 bits per heavy atom. The molecule has 156 valence electrons. The highest BCUT2D eigenvalue weighted by atomic mass is 35.5. The maximum atomic E-state index is 13.0. The Labute approximate surface area is 176 Å². The molecule has 2 heterocycles. The van der Waals surface area contributed by atoms with Crippen LogP contribution in [0.2, 0.25) is 5.15 Å². The highest BCUT2D eigenvalue weighted by Gasteiger charge is 2.27. The third-order valence-electron chi connectivity index (χ3n) is 4.50. The van der Waals surface area contributed by atoms with E-state index in [0.717, 1.165) is 19.3 Å². The number of amides is 1. The molecule has 1 saturated heterocycles. The van der Waals surface area contributed by atoms with Crippen LogP contribution in [0.3, 0.4) is 0 Å². The minimum atomic E-state index is -3.64. The maximum Gasteiger partial charge on any atom is 0.257 e. The molecule has 1 aliphatic rings. The highest BCUT2D eigenvalue weighted by Crippen LogP contribution is 2.31. The zero-order valence-electron chi connectivity index (χ0n) is 16.4. The SMILES string of the molecule is CC(C)Oc1ccc(S(=O)(=O)N2CCCCC2)cc1NC(=O)c1ccc(Cl)nc1. The minimum Gasteiger partial charge on any atom is -0.489 e. The van der Waals surface area contributed by atoms with Gasteiger partial charge < -0.3 is 10.1 Å². The molecule has 0 unspecified atom stereocenters. The first kappa shape index (κ1) is 21.5. The van der Waals surface area contributed by atoms with Crippen molar-refractivity contribution >= 4 is 33.2 Å². The van der Waals surface area contributed by atoms with Gasteiger partial charge in [-0.15, -0.1) is 0 Å². The predicted octanol–water partition coefficient (Wildman–Crippen LogP) is 3.95. The van der Waals surface area contributed by atoms with Gasteiger partial charge in [0.2, 0.25) is 10.0 Å². The number of nitrogens with one attached hydrogen (secondary N) is 1. The van der Waals surface area contributed by atoms with Gasteiger partial charge in [0.1, 0.15) is 10.9 Å². The molecule has 29 heavy (non-hydrogen) atoms. The van der Waals surface area contributed by atoms with Gasteiger partial charge in [0.05, 0.1) is 22.3 Å². The number of sulfonamides is 1. The Bertz CT molecular complexity index is 972. The average Bonchev–Trinajstić information content (AvgIpc) is 2.70. The number of piperidine rings is 1. The van der Waals surface area contributed by atoms with Crippen LogP contribution in [-0.4, -0.2) is 42.8 Å². The third kappa shape index (κ3) is 5.26. The molecule has 1 aromatic heterocycles. The molecule has 2 aromatic rings. The van der Waals surface area contributed by atoms with E-state index in [1.165, 1.54) is 28.7 Å². The molecule has 0 radical (unpaired) electrons. The van der Waals surface area contributed by atoms with Crippen LogP contribution in [0.4, 0.5) is 5.69 Å². The van der Waals surface area contributed by atoms with Crippen molar-refractivity contribution in [1.29, 1.82) is 0 Å². The lowest BCUT2D eigenvalue weighted by molar-refractivity contribution is 0.102. The molecule has 0 aliphatic carbocycles. The number of hydrogen-bond acceptors (Lipinski definition) is 5. The Balaban J connectivity index is 1.93. The fraction of sp³-hybridized carbons (Fsp3) is 0.400. The van der Waals surface area contributed by atoms with Crippen molar-refractivity contribution in [3.8, 4) is 5.75 Å². The topological polar surface area (TPSA) is 88.6 Å². The summed E-state index contributed by atoms with van der Waals surface area (Å²) in [4.78, 5) is 16.6. The van der Waals surface area contributed by atoms with Crippen LogP contribution >= 0.6 is 11.6 Å². The van der Waals surface area contributed by atoms with Gasteiger partial charge in [0.15, 0.2) is 0 Å². The van der Waals surface area contributed by atoms with Gasteiger partial charge in [-0.05, 0) is 57.0 Å². The zero-order valence-corrected chi connectivity index (χ0v) is 18.0. The number of hydrogen-bond donors (Lipinski definition) is 1. The molecule has 0 atom stereocenters. The number of benzene rings is 1. The molecule has 0 bridgehead atoms. The van der Waals surface area contributed by atoms with Crippen molar-refractivity contribution in [3.63, 3.8) is 0 Å². The number of carbonyl (C=O) groups is 1. The van der Waals surface area contributed by atoms with Gasteiger partial charge in [-0.1, -0.05) is 18.0 Å². The Hall–Kier alpha value is -2.16. The lowest BCUT2D eigenvalue weighted by Gasteiger charge is -2.26. The van der Waals surface area contributed by atoms with Crippen LogP contribution in [0.15, 0.2) is 41.4 Å². The summed E-state index contributed by atoms with van der Waals surface area (Å²) in [5.74, 6) is -0.0387. The van der Waals surface area contributed by atoms with Gasteiger partial charge in [-0.2, -0.15) is 4.31 Å². The number of ether oxygens (including phenoxy) is 1. The Morgan fingerprint density at radius 3 is 2.52 bits per heavy atom. The van der Waals surface area contributed by atoms with Gasteiger partial charge in [-0.25, -0.2) is 13.4 Å². The minimum absolute atomic E-state index is 0.125. The fourth-order valence-electron chi connectivity index (χ4n) is 3.08. The molecule has 0 saturated carbocycles. The van der Waals surface area contributed by atoms with Gasteiger partial charge in [-0.3, -0.25) is 4.79 Å². The summed E-state index contributed by atoms with van der Waals surface area (Å²) in [6, 6.07) is 7.60. The molecule has 1 amide bonds. The second-order valence-electron chi connectivity index (χ2n) is 7.11. The number of anilines is 1. The number of halogens is 1. The van der Waals surface area contributed by atoms with Crippen LogP contribution in [0.5, 0.6) is 5.75 Å². The molecular formula is C20H24ClN3O4S. The number of aromatic nitrogens is 1. The molecule has 1 N–H and O–H groups in total. The molecule has 7 nitrogen and oxygen atoms in total. The monoisotopic (exact) mass is 437 g/mol. The summed E-state index contributed by atoms with van der Waals surface area (Å²) < 4.78 is 33.3. The molecule has 0 spiro atoms. The van der Waals surface area contributed by atoms with Crippen LogP contribution in [0.25, 0.3) is 0 Å². The van der Waals surface area contributed by atoms with E-state index in [2.05, 4.69) is 10.3 Å². The smallest absolute Gasteiger partial charge is 0.257 e. The molecule has 9 heteroatoms. The average molecular weight is 438 g/mol. The lowest BCUT2D eigenvalue weighted by atomic mass is 10.2. The predicted molar refractivity (Wildman–Crippen MR) is 112 cm³/mol. The van der Waals surface area contributed by atoms with Gasteiger partial charge >= 0.3 is 0 Å². The summed E-state index contributed by atoms with van der Waals surface area (Å²) in [5.41, 5.74) is 0.589. The molecule has 3 rings (SSSR count). The normalized spacial score (nSPS) is 15.3. The summed E-state index contributed by atoms with van der Waals surface area (Å²) in [5, 5.41) is 3.01. The first-order valence-corrected chi connectivity index (χ1v) is 11.3. The zero-order chi connectivity index (χ0) is 21.0. The maximum absolute atomic E-state index is 13.0. The number of carbonyl (C=O) groups excluding carboxylic acids is 1. The summed E-state index contributed by atoms with van der Waals surface area (Å²) >= 11 is 5.77. The van der Waals surface area contributed by atoms with E-state index in [0.29, 0.717) is 24.4 Å². The van der Waals surface area contributed by atoms with Crippen LogP contribution < -0.4 is 10.1 Å². The summed E-state index contributed by atoms with van der Waals surface area (Å²) in [7, 11) is -3.64. The van der Waals surface area contributed by atoms with E-state index < -0.39 is 15.9 Å². The van der Waals surface area contributed by atoms with Crippen LogP contribution in [0, 0.1) is 0 Å². The number of pyridine rings is 1. The van der Waals surface area contributed by atoms with Gasteiger partial charge in [0.25, 0.3) is 5.91 Å². The van der Waals surface area contributed by atoms with E-state index in [1.807, 2.05) is 13.8 Å². The first-order valence-electron chi connectivity index (χ1n) is 9.51. The van der Waals surface area contributed by atoms with Crippen molar-refractivity contribution in [2.75, 3.05) is 18.4 Å². The van der Waals surface area contributed by atoms with Gasteiger partial charge in [0, 0.05) is 19.3 Å². The van der Waals surface area contributed by atoms with Crippen molar-refractivity contribution in [2.24, 2.45) is 0 Å². The number of nitrogens with zero attached hydrogens (tertiary/aromatic N) is 2. The fourth-order valence-corrected chi connectivity index (χ4v) is 4.74. The van der Waals surface area contributed by atoms with Crippen LogP contribution in [0.1, 0.15) is 43.5 Å². The summed E-state index contributed by atoms with van der Waals surface area (Å²) in [6.07, 6.45) is 3.94. The third-order valence-corrected chi connectivity index (χ3v) is 6.62. The number of rotatable bonds is 6. The van der Waals surface area contributed by atoms with E-state index in [4.69, 9.17) is 16.3 Å². The lowest BCUT2D eigenvalue weighted by Crippen LogP contribution is -2.35. The first-order chi connectivity index (χ1) is 13.8.